The second-order valence-electron chi connectivity index (χ2n) is 9.96. The van der Waals surface area contributed by atoms with Gasteiger partial charge in [-0.15, -0.1) is 0 Å². The van der Waals surface area contributed by atoms with Gasteiger partial charge in [-0.1, -0.05) is 0 Å². The average molecular weight is 593 g/mol. The summed E-state index contributed by atoms with van der Waals surface area (Å²) in [6.07, 6.45) is -23.6. The standard InChI is InChI=1S/C22H40O18/c23-1-8-11(26)14(29)17(32)20(38-8)35-4-7(5-36-21-18(33)15(30)12(27)9(2-24)39-21)6-37-22-19(34)16(31)13(28)10(3-25)40-22/h7-34H,1-6H2. The Kier molecular flexibility index (Phi) is 12.8. The molecule has 0 aromatic heterocycles. The van der Waals surface area contributed by atoms with E-state index in [4.69, 9.17) is 28.4 Å². The van der Waals surface area contributed by atoms with Crippen LogP contribution in [-0.4, -0.2) is 193 Å². The molecule has 3 fully saturated rings. The van der Waals surface area contributed by atoms with Crippen molar-refractivity contribution in [1.29, 1.82) is 0 Å². The molecule has 0 radical (unpaired) electrons. The maximum absolute atomic E-state index is 10.2. The number of hydrogen-bond donors (Lipinski definition) is 12. The van der Waals surface area contributed by atoms with E-state index in [9.17, 15) is 61.3 Å². The van der Waals surface area contributed by atoms with Gasteiger partial charge in [0, 0.05) is 5.92 Å². The van der Waals surface area contributed by atoms with Gasteiger partial charge in [-0.3, -0.25) is 0 Å². The molecule has 236 valence electrons. The minimum absolute atomic E-state index is 0.391. The van der Waals surface area contributed by atoms with E-state index in [0.29, 0.717) is 0 Å². The average Bonchev–Trinajstić information content (AvgIpc) is 2.95. The highest BCUT2D eigenvalue weighted by molar-refractivity contribution is 4.91. The van der Waals surface area contributed by atoms with Crippen LogP contribution in [0.15, 0.2) is 0 Å². The third-order valence-corrected chi connectivity index (χ3v) is 7.03. The summed E-state index contributed by atoms with van der Waals surface area (Å²) in [5.74, 6) is -0.896. The van der Waals surface area contributed by atoms with Crippen molar-refractivity contribution < 1.29 is 89.7 Å². The molecule has 3 aliphatic rings. The van der Waals surface area contributed by atoms with Gasteiger partial charge in [-0.05, 0) is 0 Å². The highest BCUT2D eigenvalue weighted by atomic mass is 16.7. The lowest BCUT2D eigenvalue weighted by Gasteiger charge is -2.41. The minimum atomic E-state index is -1.73. The molecule has 0 spiro atoms. The maximum Gasteiger partial charge on any atom is 0.186 e. The van der Waals surface area contributed by atoms with Gasteiger partial charge in [0.1, 0.15) is 73.2 Å². The van der Waals surface area contributed by atoms with E-state index >= 15 is 0 Å². The van der Waals surface area contributed by atoms with Crippen LogP contribution in [0.5, 0.6) is 0 Å². The number of aliphatic hydroxyl groups is 12. The van der Waals surface area contributed by atoms with Crippen molar-refractivity contribution in [3.05, 3.63) is 0 Å². The summed E-state index contributed by atoms with van der Waals surface area (Å²) in [4.78, 5) is 0. The van der Waals surface area contributed by atoms with Crippen molar-refractivity contribution in [2.45, 2.75) is 92.1 Å². The van der Waals surface area contributed by atoms with E-state index in [2.05, 4.69) is 0 Å². The smallest absolute Gasteiger partial charge is 0.186 e. The van der Waals surface area contributed by atoms with Gasteiger partial charge in [-0.25, -0.2) is 0 Å². The third-order valence-electron chi connectivity index (χ3n) is 7.03. The van der Waals surface area contributed by atoms with Gasteiger partial charge in [0.15, 0.2) is 18.9 Å². The second kappa shape index (κ2) is 15.1. The van der Waals surface area contributed by atoms with Crippen LogP contribution in [0.4, 0.5) is 0 Å². The van der Waals surface area contributed by atoms with Gasteiger partial charge in [0.2, 0.25) is 0 Å². The Labute approximate surface area is 228 Å². The molecule has 12 N–H and O–H groups in total. The van der Waals surface area contributed by atoms with E-state index in [1.165, 1.54) is 0 Å². The van der Waals surface area contributed by atoms with Crippen molar-refractivity contribution in [2.75, 3.05) is 39.6 Å². The molecular formula is C22H40O18. The molecule has 18 heteroatoms. The zero-order chi connectivity index (χ0) is 29.7. The van der Waals surface area contributed by atoms with Crippen LogP contribution in [0.1, 0.15) is 0 Å². The van der Waals surface area contributed by atoms with Gasteiger partial charge >= 0.3 is 0 Å². The van der Waals surface area contributed by atoms with Crippen molar-refractivity contribution in [3.63, 3.8) is 0 Å². The predicted octanol–water partition coefficient (Wildman–Crippen LogP) is -7.95. The first kappa shape index (κ1) is 33.8. The molecule has 15 atom stereocenters. The highest BCUT2D eigenvalue weighted by Gasteiger charge is 2.47. The van der Waals surface area contributed by atoms with E-state index in [1.807, 2.05) is 0 Å². The molecule has 3 aliphatic heterocycles. The normalized spacial score (nSPS) is 47.2. The molecule has 3 heterocycles. The van der Waals surface area contributed by atoms with Crippen LogP contribution in [-0.2, 0) is 28.4 Å². The Morgan fingerprint density at radius 2 is 0.650 bits per heavy atom. The molecule has 0 amide bonds. The molecule has 0 aliphatic carbocycles. The first-order valence-electron chi connectivity index (χ1n) is 12.7. The quantitative estimate of drug-likeness (QED) is 0.100. The minimum Gasteiger partial charge on any atom is -0.394 e. The van der Waals surface area contributed by atoms with E-state index in [-0.39, 0.29) is 0 Å². The predicted molar refractivity (Wildman–Crippen MR) is 123 cm³/mol. The lowest BCUT2D eigenvalue weighted by atomic mass is 9.99. The van der Waals surface area contributed by atoms with Crippen LogP contribution in [0.2, 0.25) is 0 Å². The Bertz CT molecular complexity index is 647. The number of aliphatic hydroxyl groups excluding tert-OH is 12. The molecule has 0 aromatic carbocycles. The lowest BCUT2D eigenvalue weighted by Crippen LogP contribution is -2.60. The SMILES string of the molecule is OCC1OC(OCC(COC2OC(CO)C(O)C(O)C2O)COC2OC(CO)C(O)C(O)C2O)C(O)C(O)C1O. The van der Waals surface area contributed by atoms with Crippen LogP contribution < -0.4 is 0 Å². The first-order chi connectivity index (χ1) is 18.9. The van der Waals surface area contributed by atoms with Crippen LogP contribution in [0.25, 0.3) is 0 Å². The molecule has 3 saturated heterocycles. The van der Waals surface area contributed by atoms with E-state index < -0.39 is 138 Å². The number of ether oxygens (including phenoxy) is 6. The first-order valence-corrected chi connectivity index (χ1v) is 12.7. The summed E-state index contributed by atoms with van der Waals surface area (Å²) >= 11 is 0. The lowest BCUT2D eigenvalue weighted by molar-refractivity contribution is -0.321. The largest absolute Gasteiger partial charge is 0.394 e. The zero-order valence-electron chi connectivity index (χ0n) is 21.3. The third kappa shape index (κ3) is 7.61. The maximum atomic E-state index is 10.2. The summed E-state index contributed by atoms with van der Waals surface area (Å²) in [5, 5.41) is 119. The van der Waals surface area contributed by atoms with E-state index in [0.717, 1.165) is 0 Å². The number of hydrogen-bond acceptors (Lipinski definition) is 18. The van der Waals surface area contributed by atoms with Crippen molar-refractivity contribution >= 4 is 0 Å². The Hall–Kier alpha value is -0.720. The molecule has 18 nitrogen and oxygen atoms in total. The van der Waals surface area contributed by atoms with Gasteiger partial charge in [0.05, 0.1) is 39.6 Å². The molecule has 15 unspecified atom stereocenters. The van der Waals surface area contributed by atoms with Gasteiger partial charge in [-0.2, -0.15) is 0 Å². The fraction of sp³-hybridized carbons (Fsp3) is 1.00. The molecule has 0 saturated carbocycles. The second-order valence-corrected chi connectivity index (χ2v) is 9.96. The Balaban J connectivity index is 1.67. The molecule has 3 rings (SSSR count). The summed E-state index contributed by atoms with van der Waals surface area (Å²) in [7, 11) is 0. The summed E-state index contributed by atoms with van der Waals surface area (Å²) < 4.78 is 32.4. The fourth-order valence-electron chi connectivity index (χ4n) is 4.45. The Morgan fingerprint density at radius 3 is 0.875 bits per heavy atom. The summed E-state index contributed by atoms with van der Waals surface area (Å²) in [6, 6.07) is 0. The summed E-state index contributed by atoms with van der Waals surface area (Å²) in [6.45, 7) is -3.27. The fourth-order valence-corrected chi connectivity index (χ4v) is 4.45. The van der Waals surface area contributed by atoms with Crippen LogP contribution in [0, 0.1) is 5.92 Å². The number of rotatable bonds is 12. The molecular weight excluding hydrogens is 552 g/mol. The van der Waals surface area contributed by atoms with Crippen molar-refractivity contribution in [2.24, 2.45) is 5.92 Å². The highest BCUT2D eigenvalue weighted by Crippen LogP contribution is 2.26. The van der Waals surface area contributed by atoms with Gasteiger partial charge in [0.25, 0.3) is 0 Å². The monoisotopic (exact) mass is 592 g/mol. The summed E-state index contributed by atoms with van der Waals surface area (Å²) in [5.41, 5.74) is 0. The van der Waals surface area contributed by atoms with Crippen LogP contribution in [0.3, 0.4) is 0 Å². The molecule has 0 bridgehead atoms. The molecule has 0 aromatic rings. The van der Waals surface area contributed by atoms with Crippen LogP contribution >= 0.6 is 0 Å². The van der Waals surface area contributed by atoms with Gasteiger partial charge < -0.3 is 89.7 Å². The van der Waals surface area contributed by atoms with Crippen molar-refractivity contribution in [1.82, 2.24) is 0 Å². The topological polar surface area (TPSA) is 298 Å². The van der Waals surface area contributed by atoms with E-state index in [1.54, 1.807) is 0 Å². The van der Waals surface area contributed by atoms with Crippen molar-refractivity contribution in [3.8, 4) is 0 Å². The Morgan fingerprint density at radius 1 is 0.400 bits per heavy atom. The molecule has 40 heavy (non-hydrogen) atoms. The zero-order valence-corrected chi connectivity index (χ0v) is 21.3.